The number of halogens is 1. The molecule has 24 heavy (non-hydrogen) atoms. The number of nitrogens with one attached hydrogen (secondary N) is 2. The summed E-state index contributed by atoms with van der Waals surface area (Å²) in [7, 11) is 1.63. The van der Waals surface area contributed by atoms with Gasteiger partial charge in [0.2, 0.25) is 0 Å². The summed E-state index contributed by atoms with van der Waals surface area (Å²) < 4.78 is 5.20. The third-order valence-electron chi connectivity index (χ3n) is 3.45. The number of benzene rings is 2. The zero-order chi connectivity index (χ0) is 17.2. The molecule has 0 aliphatic heterocycles. The van der Waals surface area contributed by atoms with Gasteiger partial charge in [-0.3, -0.25) is 0 Å². The van der Waals surface area contributed by atoms with Crippen LogP contribution in [0.15, 0.2) is 48.5 Å². The van der Waals surface area contributed by atoms with Gasteiger partial charge in [0.25, 0.3) is 0 Å². The quantitative estimate of drug-likeness (QED) is 0.642. The molecule has 0 heterocycles. The lowest BCUT2D eigenvalue weighted by Crippen LogP contribution is -2.82. The molecule has 0 radical (unpaired) electrons. The summed E-state index contributed by atoms with van der Waals surface area (Å²) in [5.74, 6) is 0.769. The second-order valence-electron chi connectivity index (χ2n) is 5.38. The summed E-state index contributed by atoms with van der Waals surface area (Å²) in [4.78, 5) is 11.7. The number of ether oxygens (including phenoxy) is 1. The number of carbonyl (C=O) groups excluding carboxylic acids is 1. The maximum absolute atomic E-state index is 11.7. The van der Waals surface area contributed by atoms with Gasteiger partial charge in [0.05, 0.1) is 13.7 Å². The summed E-state index contributed by atoms with van der Waals surface area (Å²) in [5.41, 5.74) is 1.91. The normalized spacial score (nSPS) is 10.2. The van der Waals surface area contributed by atoms with Gasteiger partial charge >= 0.3 is 6.03 Å². The van der Waals surface area contributed by atoms with Crippen LogP contribution in [0, 0.1) is 0 Å². The number of hydrogen-bond acceptors (Lipinski definition) is 2. The Morgan fingerprint density at radius 1 is 1.21 bits per heavy atom. The second-order valence-corrected chi connectivity index (χ2v) is 5.82. The van der Waals surface area contributed by atoms with E-state index in [2.05, 4.69) is 16.0 Å². The van der Waals surface area contributed by atoms with Crippen molar-refractivity contribution in [1.82, 2.24) is 5.32 Å². The smallest absolute Gasteiger partial charge is 0.319 e. The molecule has 0 aromatic heterocycles. The Bertz CT molecular complexity index is 650. The Kier molecular flexibility index (Phi) is 7.39. The van der Waals surface area contributed by atoms with Crippen molar-refractivity contribution >= 4 is 23.3 Å². The maximum Gasteiger partial charge on any atom is 0.319 e. The lowest BCUT2D eigenvalue weighted by Gasteiger charge is -2.08. The van der Waals surface area contributed by atoms with Gasteiger partial charge in [0, 0.05) is 29.2 Å². The summed E-state index contributed by atoms with van der Waals surface area (Å²) in [6, 6.07) is 14.9. The molecule has 0 saturated heterocycles. The molecule has 2 aromatic rings. The largest absolute Gasteiger partial charge is 0.497 e. The predicted molar refractivity (Wildman–Crippen MR) is 96.6 cm³/mol. The molecule has 0 bridgehead atoms. The van der Waals surface area contributed by atoms with E-state index in [9.17, 15) is 4.79 Å². The van der Waals surface area contributed by atoms with Gasteiger partial charge < -0.3 is 20.7 Å². The van der Waals surface area contributed by atoms with Crippen LogP contribution >= 0.6 is 11.6 Å². The zero-order valence-corrected chi connectivity index (χ0v) is 14.5. The van der Waals surface area contributed by atoms with Crippen molar-refractivity contribution in [3.8, 4) is 5.75 Å². The number of quaternary nitrogens is 1. The molecule has 4 N–H and O–H groups in total. The molecule has 0 spiro atoms. The predicted octanol–water partition coefficient (Wildman–Crippen LogP) is 2.62. The molecular formula is C18H23ClN3O2+. The monoisotopic (exact) mass is 348 g/mol. The van der Waals surface area contributed by atoms with E-state index in [0.717, 1.165) is 36.5 Å². The second kappa shape index (κ2) is 9.80. The first-order valence-corrected chi connectivity index (χ1v) is 8.30. The number of anilines is 1. The van der Waals surface area contributed by atoms with Crippen LogP contribution in [0.25, 0.3) is 0 Å². The summed E-state index contributed by atoms with van der Waals surface area (Å²) in [5, 5.41) is 8.49. The Balaban J connectivity index is 1.60. The first-order chi connectivity index (χ1) is 11.7. The van der Waals surface area contributed by atoms with Crippen molar-refractivity contribution in [2.75, 3.05) is 25.5 Å². The number of methoxy groups -OCH3 is 1. The van der Waals surface area contributed by atoms with Gasteiger partial charge in [-0.25, -0.2) is 4.79 Å². The minimum Gasteiger partial charge on any atom is -0.497 e. The fourth-order valence-corrected chi connectivity index (χ4v) is 2.52. The highest BCUT2D eigenvalue weighted by atomic mass is 35.5. The van der Waals surface area contributed by atoms with Crippen molar-refractivity contribution < 1.29 is 14.8 Å². The van der Waals surface area contributed by atoms with E-state index in [1.54, 1.807) is 13.2 Å². The molecule has 2 aromatic carbocycles. The molecule has 6 heteroatoms. The Morgan fingerprint density at radius 2 is 2.00 bits per heavy atom. The van der Waals surface area contributed by atoms with Crippen molar-refractivity contribution in [2.24, 2.45) is 0 Å². The average molecular weight is 349 g/mol. The number of carbonyl (C=O) groups is 1. The summed E-state index contributed by atoms with van der Waals surface area (Å²) >= 11 is 6.04. The lowest BCUT2D eigenvalue weighted by molar-refractivity contribution is -0.670. The number of hydrogen-bond donors (Lipinski definition) is 3. The molecule has 2 rings (SSSR count). The topological polar surface area (TPSA) is 67.0 Å². The minimum absolute atomic E-state index is 0.180. The number of rotatable bonds is 8. The fourth-order valence-electron chi connectivity index (χ4n) is 2.27. The highest BCUT2D eigenvalue weighted by Crippen LogP contribution is 2.19. The van der Waals surface area contributed by atoms with E-state index in [1.165, 1.54) is 0 Å². The van der Waals surface area contributed by atoms with Crippen molar-refractivity contribution in [2.45, 2.75) is 13.0 Å². The SMILES string of the molecule is COc1cc(Cl)cc(C[NH2+]CCCNC(=O)Nc2ccccc2)c1. The van der Waals surface area contributed by atoms with Crippen LogP contribution in [0.5, 0.6) is 5.75 Å². The lowest BCUT2D eigenvalue weighted by atomic mass is 10.2. The van der Waals surface area contributed by atoms with Gasteiger partial charge in [0.1, 0.15) is 12.3 Å². The molecule has 5 nitrogen and oxygen atoms in total. The van der Waals surface area contributed by atoms with Crippen molar-refractivity contribution in [3.63, 3.8) is 0 Å². The molecule has 0 fully saturated rings. The van der Waals surface area contributed by atoms with Gasteiger partial charge in [-0.2, -0.15) is 0 Å². The first kappa shape index (κ1) is 18.1. The Hall–Kier alpha value is -2.24. The Labute approximate surface area is 147 Å². The van der Waals surface area contributed by atoms with E-state index < -0.39 is 0 Å². The van der Waals surface area contributed by atoms with Gasteiger partial charge in [-0.15, -0.1) is 0 Å². The van der Waals surface area contributed by atoms with E-state index in [4.69, 9.17) is 16.3 Å². The standard InChI is InChI=1S/C18H22ClN3O2/c1-24-17-11-14(10-15(19)12-17)13-20-8-5-9-21-18(23)22-16-6-3-2-4-7-16/h2-4,6-7,10-12,20H,5,8-9,13H2,1H3,(H2,21,22,23)/p+1. The highest BCUT2D eigenvalue weighted by molar-refractivity contribution is 6.30. The van der Waals surface area contributed by atoms with Gasteiger partial charge in [0.15, 0.2) is 0 Å². The first-order valence-electron chi connectivity index (χ1n) is 7.92. The highest BCUT2D eigenvalue weighted by Gasteiger charge is 2.03. The summed E-state index contributed by atoms with van der Waals surface area (Å²) in [6.07, 6.45) is 0.889. The van der Waals surface area contributed by atoms with Crippen molar-refractivity contribution in [1.29, 1.82) is 0 Å². The molecule has 0 saturated carbocycles. The molecule has 0 atom stereocenters. The van der Waals surface area contributed by atoms with Crippen molar-refractivity contribution in [3.05, 3.63) is 59.1 Å². The van der Waals surface area contributed by atoms with E-state index >= 15 is 0 Å². The van der Waals surface area contributed by atoms with E-state index in [-0.39, 0.29) is 6.03 Å². The van der Waals surface area contributed by atoms with Crippen LogP contribution in [0.2, 0.25) is 5.02 Å². The molecule has 2 amide bonds. The van der Waals surface area contributed by atoms with Crippen LogP contribution in [0.4, 0.5) is 10.5 Å². The summed E-state index contributed by atoms with van der Waals surface area (Å²) in [6.45, 7) is 2.38. The van der Waals surface area contributed by atoms with Crippen LogP contribution in [0.3, 0.4) is 0 Å². The zero-order valence-electron chi connectivity index (χ0n) is 13.7. The number of para-hydroxylation sites is 1. The van der Waals surface area contributed by atoms with Gasteiger partial charge in [-0.05, 0) is 30.3 Å². The molecular weight excluding hydrogens is 326 g/mol. The molecule has 0 unspecified atom stereocenters. The van der Waals surface area contributed by atoms with Gasteiger partial charge in [-0.1, -0.05) is 29.8 Å². The minimum atomic E-state index is -0.180. The molecule has 0 aliphatic carbocycles. The Morgan fingerprint density at radius 3 is 2.75 bits per heavy atom. The number of amides is 2. The fraction of sp³-hybridized carbons (Fsp3) is 0.278. The third kappa shape index (κ3) is 6.48. The molecule has 128 valence electrons. The van der Waals surface area contributed by atoms with Crippen LogP contribution in [-0.4, -0.2) is 26.2 Å². The number of urea groups is 1. The van der Waals surface area contributed by atoms with Crippen LogP contribution < -0.4 is 20.7 Å². The number of nitrogens with two attached hydrogens (primary N) is 1. The molecule has 0 aliphatic rings. The average Bonchev–Trinajstić information content (AvgIpc) is 2.58. The van der Waals surface area contributed by atoms with Crippen LogP contribution in [-0.2, 0) is 6.54 Å². The van der Waals surface area contributed by atoms with Crippen LogP contribution in [0.1, 0.15) is 12.0 Å². The third-order valence-corrected chi connectivity index (χ3v) is 3.67. The van der Waals surface area contributed by atoms with E-state index in [1.807, 2.05) is 42.5 Å². The van der Waals surface area contributed by atoms with E-state index in [0.29, 0.717) is 11.6 Å². The maximum atomic E-state index is 11.7.